The Morgan fingerprint density at radius 3 is 2.39 bits per heavy atom. The molecular formula is C17H29N. The van der Waals surface area contributed by atoms with Gasteiger partial charge in [-0.3, -0.25) is 4.99 Å². The summed E-state index contributed by atoms with van der Waals surface area (Å²) in [4.78, 5) is 4.43. The molecule has 3 unspecified atom stereocenters. The summed E-state index contributed by atoms with van der Waals surface area (Å²) in [7, 11) is 0. The Hall–Kier alpha value is -1.11. The van der Waals surface area contributed by atoms with Crippen molar-refractivity contribution < 1.29 is 0 Å². The molecule has 0 saturated heterocycles. The van der Waals surface area contributed by atoms with Crippen molar-refractivity contribution in [3.05, 3.63) is 37.0 Å². The molecule has 18 heavy (non-hydrogen) atoms. The zero-order valence-corrected chi connectivity index (χ0v) is 12.5. The van der Waals surface area contributed by atoms with Crippen LogP contribution in [-0.2, 0) is 0 Å². The summed E-state index contributed by atoms with van der Waals surface area (Å²) < 4.78 is 0. The van der Waals surface area contributed by atoms with Gasteiger partial charge in [0.05, 0.1) is 0 Å². The van der Waals surface area contributed by atoms with Crippen molar-refractivity contribution in [3.63, 3.8) is 0 Å². The molecule has 0 spiro atoms. The lowest BCUT2D eigenvalue weighted by Crippen LogP contribution is -2.11. The van der Waals surface area contributed by atoms with Gasteiger partial charge in [0.15, 0.2) is 0 Å². The van der Waals surface area contributed by atoms with Crippen LogP contribution in [0.4, 0.5) is 0 Å². The fraction of sp³-hybridized carbons (Fsp3) is 0.588. The van der Waals surface area contributed by atoms with Crippen LogP contribution in [0.1, 0.15) is 47.0 Å². The van der Waals surface area contributed by atoms with E-state index in [0.717, 1.165) is 0 Å². The molecule has 0 aliphatic carbocycles. The summed E-state index contributed by atoms with van der Waals surface area (Å²) in [6.07, 6.45) is 15.9. The van der Waals surface area contributed by atoms with E-state index in [1.807, 2.05) is 25.3 Å². The highest BCUT2D eigenvalue weighted by molar-refractivity contribution is 5.53. The van der Waals surface area contributed by atoms with E-state index in [-0.39, 0.29) is 0 Å². The summed E-state index contributed by atoms with van der Waals surface area (Å²) in [5.41, 5.74) is 0. The number of allylic oxidation sites excluding steroid dienone is 5. The second kappa shape index (κ2) is 11.0. The molecule has 0 amide bonds. The van der Waals surface area contributed by atoms with E-state index in [2.05, 4.69) is 44.5 Å². The zero-order chi connectivity index (χ0) is 13.8. The fourth-order valence-corrected chi connectivity index (χ4v) is 1.88. The van der Waals surface area contributed by atoms with Crippen LogP contribution < -0.4 is 0 Å². The fourth-order valence-electron chi connectivity index (χ4n) is 1.88. The number of aliphatic imine (C=N–C) groups is 1. The number of hydrogen-bond donors (Lipinski definition) is 0. The Morgan fingerprint density at radius 1 is 1.06 bits per heavy atom. The normalized spacial score (nSPS) is 17.6. The number of rotatable bonds is 9. The maximum atomic E-state index is 4.43. The highest BCUT2D eigenvalue weighted by atomic mass is 14.8. The molecule has 102 valence electrons. The molecule has 0 fully saturated rings. The van der Waals surface area contributed by atoms with Crippen LogP contribution >= 0.6 is 0 Å². The first-order valence-electron chi connectivity index (χ1n) is 7.05. The van der Waals surface area contributed by atoms with E-state index in [1.165, 1.54) is 19.3 Å². The van der Waals surface area contributed by atoms with E-state index in [4.69, 9.17) is 0 Å². The zero-order valence-electron chi connectivity index (χ0n) is 12.5. The molecule has 0 saturated carbocycles. The summed E-state index contributed by atoms with van der Waals surface area (Å²) in [6.45, 7) is 12.4. The van der Waals surface area contributed by atoms with Crippen LogP contribution in [0, 0.1) is 11.8 Å². The largest absolute Gasteiger partial charge is 0.295 e. The summed E-state index contributed by atoms with van der Waals surface area (Å²) in [5.74, 6) is 1.33. The molecule has 0 aromatic rings. The van der Waals surface area contributed by atoms with Crippen LogP contribution in [0.3, 0.4) is 0 Å². The van der Waals surface area contributed by atoms with Gasteiger partial charge in [0, 0.05) is 6.04 Å². The first kappa shape index (κ1) is 16.9. The minimum atomic E-state index is 0.455. The summed E-state index contributed by atoms with van der Waals surface area (Å²) >= 11 is 0. The standard InChI is InChI=1S/C17H29N/c1-6-8-9-10-12-15(3)13-11-14-16(4)17(5)18-7-2/h6-10,12,15-17H,1,11,13-14H2,2-5H3/b9-8-,12-10+,18-7?. The molecule has 3 atom stereocenters. The highest BCUT2D eigenvalue weighted by Crippen LogP contribution is 2.17. The predicted octanol–water partition coefficient (Wildman–Crippen LogP) is 5.21. The van der Waals surface area contributed by atoms with Gasteiger partial charge < -0.3 is 0 Å². The van der Waals surface area contributed by atoms with Gasteiger partial charge in [-0.2, -0.15) is 0 Å². The summed E-state index contributed by atoms with van der Waals surface area (Å²) in [5, 5.41) is 0. The first-order valence-corrected chi connectivity index (χ1v) is 7.05. The lowest BCUT2D eigenvalue weighted by atomic mass is 9.94. The van der Waals surface area contributed by atoms with Gasteiger partial charge in [0.1, 0.15) is 0 Å². The lowest BCUT2D eigenvalue weighted by Gasteiger charge is -2.16. The van der Waals surface area contributed by atoms with Crippen molar-refractivity contribution in [2.75, 3.05) is 0 Å². The lowest BCUT2D eigenvalue weighted by molar-refractivity contribution is 0.420. The van der Waals surface area contributed by atoms with E-state index in [1.54, 1.807) is 6.08 Å². The van der Waals surface area contributed by atoms with Crippen LogP contribution in [-0.4, -0.2) is 12.3 Å². The molecule has 0 radical (unpaired) electrons. The van der Waals surface area contributed by atoms with Crippen molar-refractivity contribution in [1.82, 2.24) is 0 Å². The molecule has 0 aromatic carbocycles. The Balaban J connectivity index is 3.79. The van der Waals surface area contributed by atoms with Gasteiger partial charge in [0.2, 0.25) is 0 Å². The van der Waals surface area contributed by atoms with Crippen molar-refractivity contribution in [3.8, 4) is 0 Å². The molecule has 0 heterocycles. The van der Waals surface area contributed by atoms with Gasteiger partial charge >= 0.3 is 0 Å². The molecule has 0 aliphatic rings. The molecule has 0 N–H and O–H groups in total. The van der Waals surface area contributed by atoms with E-state index >= 15 is 0 Å². The van der Waals surface area contributed by atoms with Gasteiger partial charge in [-0.1, -0.05) is 57.2 Å². The van der Waals surface area contributed by atoms with Gasteiger partial charge in [-0.15, -0.1) is 0 Å². The molecule has 1 heteroatoms. The average molecular weight is 247 g/mol. The topological polar surface area (TPSA) is 12.4 Å². The Bertz CT molecular complexity index is 286. The Kier molecular flexibility index (Phi) is 10.3. The molecule has 0 aromatic heterocycles. The Morgan fingerprint density at radius 2 is 1.78 bits per heavy atom. The Labute approximate surface area is 113 Å². The molecule has 0 bridgehead atoms. The number of hydrogen-bond acceptors (Lipinski definition) is 1. The van der Waals surface area contributed by atoms with E-state index in [9.17, 15) is 0 Å². The molecule has 0 rings (SSSR count). The molecule has 1 nitrogen and oxygen atoms in total. The van der Waals surface area contributed by atoms with Gasteiger partial charge in [0.25, 0.3) is 0 Å². The third-order valence-corrected chi connectivity index (χ3v) is 3.32. The first-order chi connectivity index (χ1) is 8.61. The van der Waals surface area contributed by atoms with Gasteiger partial charge in [-0.05, 0) is 44.7 Å². The third kappa shape index (κ3) is 8.98. The van der Waals surface area contributed by atoms with Crippen molar-refractivity contribution in [2.45, 2.75) is 53.0 Å². The SMILES string of the molecule is C=C/C=C\C=C\C(C)CCCC(C)C(C)N=CC. The maximum absolute atomic E-state index is 4.43. The van der Waals surface area contributed by atoms with Crippen molar-refractivity contribution >= 4 is 6.21 Å². The monoisotopic (exact) mass is 247 g/mol. The third-order valence-electron chi connectivity index (χ3n) is 3.32. The smallest absolute Gasteiger partial charge is 0.0492 e. The van der Waals surface area contributed by atoms with E-state index < -0.39 is 0 Å². The van der Waals surface area contributed by atoms with Crippen LogP contribution in [0.5, 0.6) is 0 Å². The average Bonchev–Trinajstić information content (AvgIpc) is 2.35. The molecule has 0 aliphatic heterocycles. The van der Waals surface area contributed by atoms with Crippen molar-refractivity contribution in [1.29, 1.82) is 0 Å². The van der Waals surface area contributed by atoms with Gasteiger partial charge in [-0.25, -0.2) is 0 Å². The van der Waals surface area contributed by atoms with E-state index in [0.29, 0.717) is 17.9 Å². The van der Waals surface area contributed by atoms with Crippen LogP contribution in [0.2, 0.25) is 0 Å². The minimum absolute atomic E-state index is 0.455. The highest BCUT2D eigenvalue weighted by Gasteiger charge is 2.09. The second-order valence-electron chi connectivity index (χ2n) is 5.04. The minimum Gasteiger partial charge on any atom is -0.295 e. The predicted molar refractivity (Wildman–Crippen MR) is 84.3 cm³/mol. The summed E-state index contributed by atoms with van der Waals surface area (Å²) in [6, 6.07) is 0.455. The second-order valence-corrected chi connectivity index (χ2v) is 5.04. The van der Waals surface area contributed by atoms with Crippen molar-refractivity contribution in [2.24, 2.45) is 16.8 Å². The van der Waals surface area contributed by atoms with Crippen LogP contribution in [0.15, 0.2) is 42.0 Å². The maximum Gasteiger partial charge on any atom is 0.0492 e. The quantitative estimate of drug-likeness (QED) is 0.392. The van der Waals surface area contributed by atoms with Crippen LogP contribution in [0.25, 0.3) is 0 Å². The number of nitrogens with zero attached hydrogens (tertiary/aromatic N) is 1. The molecular weight excluding hydrogens is 218 g/mol.